The molecule has 1 fully saturated rings. The fraction of sp³-hybridized carbons (Fsp3) is 0.263. The van der Waals surface area contributed by atoms with Gasteiger partial charge in [0, 0.05) is 17.8 Å². The molecule has 0 unspecified atom stereocenters. The van der Waals surface area contributed by atoms with Crippen molar-refractivity contribution in [3.05, 3.63) is 59.9 Å². The molecule has 1 atom stereocenters. The van der Waals surface area contributed by atoms with Gasteiger partial charge in [0.25, 0.3) is 0 Å². The maximum Gasteiger partial charge on any atom is 0.246 e. The van der Waals surface area contributed by atoms with Crippen molar-refractivity contribution in [3.63, 3.8) is 0 Å². The van der Waals surface area contributed by atoms with Gasteiger partial charge in [-0.2, -0.15) is 4.31 Å². The van der Waals surface area contributed by atoms with Crippen molar-refractivity contribution >= 4 is 27.4 Å². The number of rotatable bonds is 5. The first-order chi connectivity index (χ1) is 12.8. The summed E-state index contributed by atoms with van der Waals surface area (Å²) >= 11 is 0. The van der Waals surface area contributed by atoms with Gasteiger partial charge in [0.15, 0.2) is 5.78 Å². The summed E-state index contributed by atoms with van der Waals surface area (Å²) in [5, 5.41) is 2.66. The van der Waals surface area contributed by atoms with Gasteiger partial charge in [0.2, 0.25) is 15.9 Å². The van der Waals surface area contributed by atoms with E-state index in [1.165, 1.54) is 31.2 Å². The molecule has 1 aliphatic rings. The molecule has 27 heavy (non-hydrogen) atoms. The van der Waals surface area contributed by atoms with Crippen LogP contribution in [0.15, 0.2) is 53.4 Å². The van der Waals surface area contributed by atoms with Crippen LogP contribution in [0.1, 0.15) is 30.1 Å². The zero-order valence-electron chi connectivity index (χ0n) is 14.7. The van der Waals surface area contributed by atoms with E-state index in [0.717, 1.165) is 10.4 Å². The Morgan fingerprint density at radius 1 is 1.15 bits per heavy atom. The third-order valence-corrected chi connectivity index (χ3v) is 6.41. The van der Waals surface area contributed by atoms with Gasteiger partial charge in [-0.1, -0.05) is 24.3 Å². The molecule has 3 rings (SSSR count). The monoisotopic (exact) mass is 390 g/mol. The zero-order chi connectivity index (χ0) is 19.6. The molecule has 0 saturated carbocycles. The lowest BCUT2D eigenvalue weighted by molar-refractivity contribution is -0.119. The first-order valence-electron chi connectivity index (χ1n) is 8.49. The summed E-state index contributed by atoms with van der Waals surface area (Å²) < 4.78 is 40.7. The number of nitrogens with one attached hydrogen (secondary N) is 1. The average Bonchev–Trinajstić information content (AvgIpc) is 3.13. The number of hydrogen-bond donors (Lipinski definition) is 1. The van der Waals surface area contributed by atoms with Gasteiger partial charge >= 0.3 is 0 Å². The van der Waals surface area contributed by atoms with Gasteiger partial charge in [0.05, 0.1) is 0 Å². The highest BCUT2D eigenvalue weighted by atomic mass is 32.2. The Labute approximate surface area is 157 Å². The second kappa shape index (κ2) is 7.58. The van der Waals surface area contributed by atoms with E-state index in [0.29, 0.717) is 24.1 Å². The first kappa shape index (κ1) is 19.2. The normalized spacial score (nSPS) is 17.6. The van der Waals surface area contributed by atoms with E-state index in [4.69, 9.17) is 0 Å². The number of carbonyl (C=O) groups is 2. The lowest BCUT2D eigenvalue weighted by Crippen LogP contribution is -2.43. The molecule has 0 bridgehead atoms. The minimum absolute atomic E-state index is 0.141. The van der Waals surface area contributed by atoms with E-state index in [-0.39, 0.29) is 12.3 Å². The molecule has 1 N–H and O–H groups in total. The van der Waals surface area contributed by atoms with E-state index < -0.39 is 32.7 Å². The quantitative estimate of drug-likeness (QED) is 0.796. The summed E-state index contributed by atoms with van der Waals surface area (Å²) in [4.78, 5) is 23.7. The maximum absolute atomic E-state index is 14.0. The lowest BCUT2D eigenvalue weighted by Gasteiger charge is -2.23. The number of halogens is 1. The molecule has 2 aromatic rings. The minimum atomic E-state index is -4.13. The lowest BCUT2D eigenvalue weighted by atomic mass is 10.1. The van der Waals surface area contributed by atoms with Crippen molar-refractivity contribution in [2.45, 2.75) is 30.7 Å². The SMILES string of the molecule is CC(=O)c1cccc(NC(=O)[C@@H]2CCCN2S(=O)(=O)c2ccccc2F)c1. The summed E-state index contributed by atoms with van der Waals surface area (Å²) in [5.74, 6) is -1.50. The smallest absolute Gasteiger partial charge is 0.246 e. The van der Waals surface area contributed by atoms with Crippen LogP contribution in [0.4, 0.5) is 10.1 Å². The van der Waals surface area contributed by atoms with Crippen LogP contribution in [0.25, 0.3) is 0 Å². The number of amides is 1. The Kier molecular flexibility index (Phi) is 5.38. The number of sulfonamides is 1. The van der Waals surface area contributed by atoms with Gasteiger partial charge in [-0.3, -0.25) is 9.59 Å². The predicted molar refractivity (Wildman–Crippen MR) is 98.4 cm³/mol. The molecule has 142 valence electrons. The zero-order valence-corrected chi connectivity index (χ0v) is 15.5. The highest BCUT2D eigenvalue weighted by molar-refractivity contribution is 7.89. The number of carbonyl (C=O) groups excluding carboxylic acids is 2. The van der Waals surface area contributed by atoms with E-state index in [1.54, 1.807) is 18.2 Å². The van der Waals surface area contributed by atoms with E-state index in [2.05, 4.69) is 5.32 Å². The topological polar surface area (TPSA) is 83.6 Å². The number of benzene rings is 2. The molecular weight excluding hydrogens is 371 g/mol. The van der Waals surface area contributed by atoms with Gasteiger partial charge in [-0.05, 0) is 44.0 Å². The third kappa shape index (κ3) is 3.91. The largest absolute Gasteiger partial charge is 0.325 e. The van der Waals surface area contributed by atoms with Crippen LogP contribution in [0.2, 0.25) is 0 Å². The Hall–Kier alpha value is -2.58. The van der Waals surface area contributed by atoms with Crippen molar-refractivity contribution in [2.75, 3.05) is 11.9 Å². The molecular formula is C19H19FN2O4S. The summed E-state index contributed by atoms with van der Waals surface area (Å²) in [7, 11) is -4.13. The van der Waals surface area contributed by atoms with Crippen LogP contribution >= 0.6 is 0 Å². The fourth-order valence-electron chi connectivity index (χ4n) is 3.11. The predicted octanol–water partition coefficient (Wildman–Crippen LogP) is 2.82. The summed E-state index contributed by atoms with van der Waals surface area (Å²) in [6, 6.07) is 10.6. The van der Waals surface area contributed by atoms with Crippen molar-refractivity contribution in [1.82, 2.24) is 4.31 Å². The van der Waals surface area contributed by atoms with E-state index in [1.807, 2.05) is 0 Å². The second-order valence-electron chi connectivity index (χ2n) is 6.33. The third-order valence-electron chi connectivity index (χ3n) is 4.47. The van der Waals surface area contributed by atoms with E-state index >= 15 is 0 Å². The van der Waals surface area contributed by atoms with Crippen LogP contribution in [0.3, 0.4) is 0 Å². The second-order valence-corrected chi connectivity index (χ2v) is 8.19. The Morgan fingerprint density at radius 2 is 1.89 bits per heavy atom. The Balaban J connectivity index is 1.84. The standard InChI is InChI=1S/C19H19FN2O4S/c1-13(23)14-6-4-7-15(12-14)21-19(24)17-9-5-11-22(17)27(25,26)18-10-3-2-8-16(18)20/h2-4,6-8,10,12,17H,5,9,11H2,1H3,(H,21,24)/t17-/m0/s1. The van der Waals surface area contributed by atoms with Crippen LogP contribution < -0.4 is 5.32 Å². The maximum atomic E-state index is 14.0. The average molecular weight is 390 g/mol. The van der Waals surface area contributed by atoms with Gasteiger partial charge in [-0.15, -0.1) is 0 Å². The Morgan fingerprint density at radius 3 is 2.59 bits per heavy atom. The van der Waals surface area contributed by atoms with Gasteiger partial charge in [-0.25, -0.2) is 12.8 Å². The summed E-state index contributed by atoms with van der Waals surface area (Å²) in [6.45, 7) is 1.56. The highest BCUT2D eigenvalue weighted by Gasteiger charge is 2.40. The number of hydrogen-bond acceptors (Lipinski definition) is 4. The molecule has 0 spiro atoms. The fourth-order valence-corrected chi connectivity index (χ4v) is 4.83. The molecule has 0 radical (unpaired) electrons. The minimum Gasteiger partial charge on any atom is -0.325 e. The number of anilines is 1. The number of Topliss-reactive ketones (excluding diaryl/α,β-unsaturated/α-hetero) is 1. The van der Waals surface area contributed by atoms with Gasteiger partial charge in [0.1, 0.15) is 16.8 Å². The van der Waals surface area contributed by atoms with Crippen LogP contribution in [0, 0.1) is 5.82 Å². The molecule has 1 heterocycles. The number of ketones is 1. The van der Waals surface area contributed by atoms with Gasteiger partial charge < -0.3 is 5.32 Å². The summed E-state index contributed by atoms with van der Waals surface area (Å²) in [5.41, 5.74) is 0.845. The van der Waals surface area contributed by atoms with E-state index in [9.17, 15) is 22.4 Å². The van der Waals surface area contributed by atoms with Crippen molar-refractivity contribution in [3.8, 4) is 0 Å². The van der Waals surface area contributed by atoms with Crippen LogP contribution in [-0.4, -0.2) is 37.0 Å². The molecule has 0 aliphatic carbocycles. The van der Waals surface area contributed by atoms with Crippen molar-refractivity contribution < 1.29 is 22.4 Å². The molecule has 6 nitrogen and oxygen atoms in total. The molecule has 1 saturated heterocycles. The molecule has 1 aliphatic heterocycles. The molecule has 1 amide bonds. The molecule has 8 heteroatoms. The first-order valence-corrected chi connectivity index (χ1v) is 9.93. The molecule has 2 aromatic carbocycles. The number of nitrogens with zero attached hydrogens (tertiary/aromatic N) is 1. The molecule has 0 aromatic heterocycles. The van der Waals surface area contributed by atoms with Crippen LogP contribution in [0.5, 0.6) is 0 Å². The van der Waals surface area contributed by atoms with Crippen molar-refractivity contribution in [1.29, 1.82) is 0 Å². The summed E-state index contributed by atoms with van der Waals surface area (Å²) in [6.07, 6.45) is 0.838. The van der Waals surface area contributed by atoms with Crippen LogP contribution in [-0.2, 0) is 14.8 Å². The van der Waals surface area contributed by atoms with Crippen molar-refractivity contribution in [2.24, 2.45) is 0 Å². The highest BCUT2D eigenvalue weighted by Crippen LogP contribution is 2.28. The Bertz CT molecular complexity index is 991.